The lowest BCUT2D eigenvalue weighted by Crippen LogP contribution is -2.15. The van der Waals surface area contributed by atoms with Crippen molar-refractivity contribution >= 4 is 23.0 Å². The van der Waals surface area contributed by atoms with Crippen LogP contribution in [0.4, 0.5) is 11.4 Å². The maximum atomic E-state index is 9.53. The molecule has 0 bridgehead atoms. The Balaban J connectivity index is 2.43. The SMILES string of the molecule is Nc1cc(CC(O)CO)cc(-c2ccc(Cl)cc2)c1N. The van der Waals surface area contributed by atoms with Gasteiger partial charge in [-0.15, -0.1) is 0 Å². The summed E-state index contributed by atoms with van der Waals surface area (Å²) in [6.45, 7) is -0.291. The van der Waals surface area contributed by atoms with E-state index in [4.69, 9.17) is 28.2 Å². The summed E-state index contributed by atoms with van der Waals surface area (Å²) in [6, 6.07) is 10.9. The quantitative estimate of drug-likeness (QED) is 0.649. The number of benzene rings is 2. The maximum absolute atomic E-state index is 9.53. The first-order valence-electron chi connectivity index (χ1n) is 6.24. The standard InChI is InChI=1S/C15H17ClN2O2/c16-11-3-1-10(2-4-11)13-6-9(5-12(20)8-19)7-14(17)15(13)18/h1-4,6-7,12,19-20H,5,8,17-18H2. The molecule has 0 aliphatic carbocycles. The number of halogens is 1. The van der Waals surface area contributed by atoms with Crippen molar-refractivity contribution in [2.24, 2.45) is 0 Å². The van der Waals surface area contributed by atoms with Gasteiger partial charge in [-0.25, -0.2) is 0 Å². The molecular formula is C15H17ClN2O2. The van der Waals surface area contributed by atoms with Gasteiger partial charge in [0.15, 0.2) is 0 Å². The second kappa shape index (κ2) is 6.13. The number of hydrogen-bond acceptors (Lipinski definition) is 4. The lowest BCUT2D eigenvalue weighted by atomic mass is 9.97. The monoisotopic (exact) mass is 292 g/mol. The molecule has 2 aromatic rings. The van der Waals surface area contributed by atoms with Gasteiger partial charge >= 0.3 is 0 Å². The summed E-state index contributed by atoms with van der Waals surface area (Å²) in [6.07, 6.45) is -0.488. The van der Waals surface area contributed by atoms with E-state index >= 15 is 0 Å². The van der Waals surface area contributed by atoms with Crippen LogP contribution in [0.15, 0.2) is 36.4 Å². The summed E-state index contributed by atoms with van der Waals surface area (Å²) in [7, 11) is 0. The van der Waals surface area contributed by atoms with Crippen LogP contribution in [-0.4, -0.2) is 22.9 Å². The number of hydrogen-bond donors (Lipinski definition) is 4. The van der Waals surface area contributed by atoms with E-state index in [0.29, 0.717) is 22.8 Å². The molecule has 106 valence electrons. The predicted octanol–water partition coefficient (Wildman–Crippen LogP) is 2.07. The van der Waals surface area contributed by atoms with Crippen LogP contribution in [0.2, 0.25) is 5.02 Å². The van der Waals surface area contributed by atoms with Crippen molar-refractivity contribution in [3.05, 3.63) is 47.0 Å². The molecule has 0 spiro atoms. The summed E-state index contributed by atoms with van der Waals surface area (Å²) in [5.74, 6) is 0. The minimum atomic E-state index is -0.809. The van der Waals surface area contributed by atoms with Gasteiger partial charge in [0.2, 0.25) is 0 Å². The molecule has 0 radical (unpaired) electrons. The minimum Gasteiger partial charge on any atom is -0.397 e. The normalized spacial score (nSPS) is 12.3. The molecule has 4 nitrogen and oxygen atoms in total. The van der Waals surface area contributed by atoms with E-state index in [1.807, 2.05) is 18.2 Å². The molecule has 0 aliphatic heterocycles. The Kier molecular flexibility index (Phi) is 4.49. The molecular weight excluding hydrogens is 276 g/mol. The van der Waals surface area contributed by atoms with Gasteiger partial charge in [0.1, 0.15) is 0 Å². The number of rotatable bonds is 4. The van der Waals surface area contributed by atoms with Crippen LogP contribution in [0, 0.1) is 0 Å². The first-order valence-corrected chi connectivity index (χ1v) is 6.61. The average molecular weight is 293 g/mol. The first kappa shape index (κ1) is 14.7. The van der Waals surface area contributed by atoms with E-state index in [1.54, 1.807) is 18.2 Å². The van der Waals surface area contributed by atoms with Crippen LogP contribution in [0.3, 0.4) is 0 Å². The Labute approximate surface area is 122 Å². The van der Waals surface area contributed by atoms with Crippen molar-refractivity contribution in [1.29, 1.82) is 0 Å². The van der Waals surface area contributed by atoms with E-state index in [2.05, 4.69) is 0 Å². The van der Waals surface area contributed by atoms with Crippen molar-refractivity contribution in [2.75, 3.05) is 18.1 Å². The molecule has 0 aliphatic rings. The van der Waals surface area contributed by atoms with Crippen LogP contribution in [0.5, 0.6) is 0 Å². The third-order valence-corrected chi connectivity index (χ3v) is 3.36. The smallest absolute Gasteiger partial charge is 0.0811 e. The number of nitrogens with two attached hydrogens (primary N) is 2. The number of anilines is 2. The molecule has 20 heavy (non-hydrogen) atoms. The van der Waals surface area contributed by atoms with Crippen LogP contribution in [-0.2, 0) is 6.42 Å². The fourth-order valence-electron chi connectivity index (χ4n) is 2.06. The van der Waals surface area contributed by atoms with Crippen LogP contribution < -0.4 is 11.5 Å². The summed E-state index contributed by atoms with van der Waals surface area (Å²) in [5, 5.41) is 19.1. The van der Waals surface area contributed by atoms with Crippen molar-refractivity contribution in [3.63, 3.8) is 0 Å². The number of aliphatic hydroxyl groups is 2. The van der Waals surface area contributed by atoms with Gasteiger partial charge in [-0.3, -0.25) is 0 Å². The zero-order valence-corrected chi connectivity index (χ0v) is 11.6. The van der Waals surface area contributed by atoms with Gasteiger partial charge in [0, 0.05) is 17.0 Å². The molecule has 2 rings (SSSR count). The van der Waals surface area contributed by atoms with E-state index < -0.39 is 6.10 Å². The fourth-order valence-corrected chi connectivity index (χ4v) is 2.19. The van der Waals surface area contributed by atoms with Crippen LogP contribution in [0.1, 0.15) is 5.56 Å². The Bertz CT molecular complexity index is 600. The highest BCUT2D eigenvalue weighted by atomic mass is 35.5. The van der Waals surface area contributed by atoms with Crippen molar-refractivity contribution in [2.45, 2.75) is 12.5 Å². The molecule has 1 unspecified atom stereocenters. The number of nitrogen functional groups attached to an aromatic ring is 2. The van der Waals surface area contributed by atoms with Gasteiger partial charge < -0.3 is 21.7 Å². The van der Waals surface area contributed by atoms with Crippen molar-refractivity contribution < 1.29 is 10.2 Å². The van der Waals surface area contributed by atoms with Gasteiger partial charge in [0.05, 0.1) is 24.1 Å². The minimum absolute atomic E-state index is 0.291. The molecule has 0 saturated heterocycles. The topological polar surface area (TPSA) is 92.5 Å². The molecule has 0 amide bonds. The Morgan fingerprint density at radius 2 is 1.75 bits per heavy atom. The Morgan fingerprint density at radius 3 is 2.35 bits per heavy atom. The second-order valence-electron chi connectivity index (χ2n) is 4.69. The summed E-state index contributed by atoms with van der Waals surface area (Å²) in [5.41, 5.74) is 15.4. The zero-order chi connectivity index (χ0) is 14.7. The van der Waals surface area contributed by atoms with Gasteiger partial charge in [-0.1, -0.05) is 23.7 Å². The third kappa shape index (κ3) is 3.22. The van der Waals surface area contributed by atoms with Crippen molar-refractivity contribution in [1.82, 2.24) is 0 Å². The third-order valence-electron chi connectivity index (χ3n) is 3.11. The lowest BCUT2D eigenvalue weighted by Gasteiger charge is -2.14. The van der Waals surface area contributed by atoms with E-state index in [1.165, 1.54) is 0 Å². The summed E-state index contributed by atoms with van der Waals surface area (Å²) >= 11 is 5.87. The van der Waals surface area contributed by atoms with E-state index in [-0.39, 0.29) is 6.61 Å². The van der Waals surface area contributed by atoms with Gasteiger partial charge in [-0.2, -0.15) is 0 Å². The molecule has 5 heteroatoms. The summed E-state index contributed by atoms with van der Waals surface area (Å²) < 4.78 is 0. The van der Waals surface area contributed by atoms with Crippen molar-refractivity contribution in [3.8, 4) is 11.1 Å². The zero-order valence-electron chi connectivity index (χ0n) is 10.9. The van der Waals surface area contributed by atoms with Crippen LogP contribution >= 0.6 is 11.6 Å². The number of aliphatic hydroxyl groups excluding tert-OH is 2. The van der Waals surface area contributed by atoms with Gasteiger partial charge in [-0.05, 0) is 35.4 Å². The molecule has 0 aromatic heterocycles. The molecule has 1 atom stereocenters. The molecule has 2 aromatic carbocycles. The molecule has 6 N–H and O–H groups in total. The second-order valence-corrected chi connectivity index (χ2v) is 5.13. The van der Waals surface area contributed by atoms with Crippen LogP contribution in [0.25, 0.3) is 11.1 Å². The highest BCUT2D eigenvalue weighted by molar-refractivity contribution is 6.30. The molecule has 0 heterocycles. The highest BCUT2D eigenvalue weighted by Crippen LogP contribution is 2.32. The molecule has 0 fully saturated rings. The first-order chi connectivity index (χ1) is 9.51. The predicted molar refractivity (Wildman–Crippen MR) is 82.5 cm³/mol. The summed E-state index contributed by atoms with van der Waals surface area (Å²) in [4.78, 5) is 0. The van der Waals surface area contributed by atoms with E-state index in [0.717, 1.165) is 16.7 Å². The fraction of sp³-hybridized carbons (Fsp3) is 0.200. The maximum Gasteiger partial charge on any atom is 0.0811 e. The average Bonchev–Trinajstić information content (AvgIpc) is 2.43. The highest BCUT2D eigenvalue weighted by Gasteiger charge is 2.11. The lowest BCUT2D eigenvalue weighted by molar-refractivity contribution is 0.0955. The Morgan fingerprint density at radius 1 is 1.10 bits per heavy atom. The largest absolute Gasteiger partial charge is 0.397 e. The Hall–Kier alpha value is -1.75. The van der Waals surface area contributed by atoms with Gasteiger partial charge in [0.25, 0.3) is 0 Å². The van der Waals surface area contributed by atoms with E-state index in [9.17, 15) is 5.11 Å². The molecule has 0 saturated carbocycles.